The third kappa shape index (κ3) is 4.72. The molecule has 2 aromatic carbocycles. The molecule has 0 radical (unpaired) electrons. The van der Waals surface area contributed by atoms with E-state index in [2.05, 4.69) is 22.8 Å². The van der Waals surface area contributed by atoms with Gasteiger partial charge >= 0.3 is 0 Å². The fraction of sp³-hybridized carbons (Fsp3) is 0.435. The molecule has 1 saturated heterocycles. The molecule has 3 rings (SSSR count). The smallest absolute Gasteiger partial charge is 0.233 e. The number of aryl methyl sites for hydroxylation is 1. The van der Waals surface area contributed by atoms with Gasteiger partial charge in [-0.1, -0.05) is 30.3 Å². The van der Waals surface area contributed by atoms with E-state index in [9.17, 15) is 4.79 Å². The Labute approximate surface area is 167 Å². The van der Waals surface area contributed by atoms with Gasteiger partial charge in [-0.25, -0.2) is 0 Å². The van der Waals surface area contributed by atoms with Crippen LogP contribution in [0.15, 0.2) is 48.5 Å². The molecular formula is C23H30N2O3. The molecule has 0 saturated carbocycles. The normalized spacial score (nSPS) is 17.0. The van der Waals surface area contributed by atoms with Crippen LogP contribution in [0.2, 0.25) is 0 Å². The van der Waals surface area contributed by atoms with E-state index in [1.807, 2.05) is 50.2 Å². The minimum Gasteiger partial charge on any atom is -0.486 e. The second-order valence-electron chi connectivity index (χ2n) is 7.56. The Morgan fingerprint density at radius 3 is 2.54 bits per heavy atom. The summed E-state index contributed by atoms with van der Waals surface area (Å²) in [5, 5.41) is 6.43. The molecule has 1 unspecified atom stereocenters. The highest BCUT2D eigenvalue weighted by molar-refractivity contribution is 5.96. The molecule has 0 spiro atoms. The summed E-state index contributed by atoms with van der Waals surface area (Å²) in [7, 11) is 1.66. The average molecular weight is 383 g/mol. The van der Waals surface area contributed by atoms with Crippen LogP contribution in [-0.2, 0) is 9.53 Å². The number of hydrogen-bond acceptors (Lipinski definition) is 4. The van der Waals surface area contributed by atoms with E-state index in [-0.39, 0.29) is 12.0 Å². The quantitative estimate of drug-likeness (QED) is 0.757. The highest BCUT2D eigenvalue weighted by Crippen LogP contribution is 2.32. The minimum atomic E-state index is -0.469. The van der Waals surface area contributed by atoms with Crippen LogP contribution in [0.5, 0.6) is 5.75 Å². The lowest BCUT2D eigenvalue weighted by Crippen LogP contribution is -2.47. The molecule has 2 aromatic rings. The summed E-state index contributed by atoms with van der Waals surface area (Å²) in [5.41, 5.74) is 2.46. The number of rotatable bonds is 7. The lowest BCUT2D eigenvalue weighted by Gasteiger charge is -2.35. The van der Waals surface area contributed by atoms with Crippen LogP contribution in [-0.4, -0.2) is 32.7 Å². The van der Waals surface area contributed by atoms with Crippen molar-refractivity contribution in [3.05, 3.63) is 59.7 Å². The first-order valence-electron chi connectivity index (χ1n) is 9.87. The number of methoxy groups -OCH3 is 1. The molecule has 2 N–H and O–H groups in total. The maximum absolute atomic E-state index is 13.0. The second-order valence-corrected chi connectivity index (χ2v) is 7.56. The third-order valence-electron chi connectivity index (χ3n) is 5.49. The van der Waals surface area contributed by atoms with E-state index in [4.69, 9.17) is 9.47 Å². The number of anilines is 1. The van der Waals surface area contributed by atoms with E-state index in [1.165, 1.54) is 0 Å². The maximum Gasteiger partial charge on any atom is 0.233 e. The van der Waals surface area contributed by atoms with Crippen LogP contribution >= 0.6 is 0 Å². The molecule has 0 aromatic heterocycles. The van der Waals surface area contributed by atoms with Gasteiger partial charge in [0.25, 0.3) is 0 Å². The maximum atomic E-state index is 13.0. The first-order chi connectivity index (χ1) is 13.5. The molecular weight excluding hydrogens is 352 g/mol. The van der Waals surface area contributed by atoms with Gasteiger partial charge in [0.1, 0.15) is 11.9 Å². The zero-order chi connectivity index (χ0) is 20.0. The van der Waals surface area contributed by atoms with Gasteiger partial charge < -0.3 is 20.1 Å². The summed E-state index contributed by atoms with van der Waals surface area (Å²) in [6.45, 7) is 6.13. The SMILES string of the molecule is COCC1(C(=O)Nc2ccc(OC(C)c3ccccc3)cc2C)CCNCC1. The Balaban J connectivity index is 1.69. The van der Waals surface area contributed by atoms with Gasteiger partial charge in [-0.2, -0.15) is 0 Å². The van der Waals surface area contributed by atoms with Crippen molar-refractivity contribution >= 4 is 11.6 Å². The van der Waals surface area contributed by atoms with Crippen molar-refractivity contribution in [1.29, 1.82) is 0 Å². The second kappa shape index (κ2) is 9.22. The molecule has 1 heterocycles. The van der Waals surface area contributed by atoms with Gasteiger partial charge in [-0.05, 0) is 69.1 Å². The minimum absolute atomic E-state index is 0.0327. The van der Waals surface area contributed by atoms with E-state index in [0.29, 0.717) is 6.61 Å². The molecule has 150 valence electrons. The molecule has 1 aliphatic rings. The van der Waals surface area contributed by atoms with Gasteiger partial charge in [0, 0.05) is 12.8 Å². The number of nitrogens with one attached hydrogen (secondary N) is 2. The number of amides is 1. The summed E-state index contributed by atoms with van der Waals surface area (Å²) in [6, 6.07) is 15.9. The number of benzene rings is 2. The van der Waals surface area contributed by atoms with Crippen molar-refractivity contribution < 1.29 is 14.3 Å². The Kier molecular flexibility index (Phi) is 6.70. The summed E-state index contributed by atoms with van der Waals surface area (Å²) in [5.74, 6) is 0.825. The van der Waals surface area contributed by atoms with E-state index in [1.54, 1.807) is 7.11 Å². The van der Waals surface area contributed by atoms with Crippen LogP contribution in [0, 0.1) is 12.3 Å². The Morgan fingerprint density at radius 1 is 1.18 bits per heavy atom. The van der Waals surface area contributed by atoms with E-state index >= 15 is 0 Å². The number of carbonyl (C=O) groups is 1. The molecule has 0 aliphatic carbocycles. The molecule has 0 bridgehead atoms. The van der Waals surface area contributed by atoms with E-state index < -0.39 is 5.41 Å². The van der Waals surface area contributed by atoms with Gasteiger partial charge in [0.05, 0.1) is 12.0 Å². The van der Waals surface area contributed by atoms with E-state index in [0.717, 1.165) is 48.5 Å². The zero-order valence-electron chi connectivity index (χ0n) is 17.0. The largest absolute Gasteiger partial charge is 0.486 e. The summed E-state index contributed by atoms with van der Waals surface area (Å²) >= 11 is 0. The highest BCUT2D eigenvalue weighted by atomic mass is 16.5. The van der Waals surface area contributed by atoms with Crippen molar-refractivity contribution in [2.24, 2.45) is 5.41 Å². The monoisotopic (exact) mass is 382 g/mol. The molecule has 1 aliphatic heterocycles. The molecule has 1 atom stereocenters. The van der Waals surface area contributed by atoms with Crippen LogP contribution in [0.1, 0.15) is 37.0 Å². The third-order valence-corrected chi connectivity index (χ3v) is 5.49. The van der Waals surface area contributed by atoms with Crippen molar-refractivity contribution in [1.82, 2.24) is 5.32 Å². The average Bonchev–Trinajstić information content (AvgIpc) is 2.71. The fourth-order valence-corrected chi connectivity index (χ4v) is 3.72. The summed E-state index contributed by atoms with van der Waals surface area (Å²) in [4.78, 5) is 13.0. The number of ether oxygens (including phenoxy) is 2. The summed E-state index contributed by atoms with van der Waals surface area (Å²) < 4.78 is 11.4. The summed E-state index contributed by atoms with van der Waals surface area (Å²) in [6.07, 6.45) is 1.52. The number of piperidine rings is 1. The van der Waals surface area contributed by atoms with Gasteiger partial charge in [0.2, 0.25) is 5.91 Å². The topological polar surface area (TPSA) is 59.6 Å². The predicted molar refractivity (Wildman–Crippen MR) is 112 cm³/mol. The Bertz CT molecular complexity index is 780. The van der Waals surface area contributed by atoms with Gasteiger partial charge in [-0.3, -0.25) is 4.79 Å². The van der Waals surface area contributed by atoms with Crippen molar-refractivity contribution in [2.75, 3.05) is 32.1 Å². The molecule has 28 heavy (non-hydrogen) atoms. The van der Waals surface area contributed by atoms with Gasteiger partial charge in [-0.15, -0.1) is 0 Å². The Hall–Kier alpha value is -2.37. The molecule has 5 nitrogen and oxygen atoms in total. The van der Waals surface area contributed by atoms with Crippen LogP contribution < -0.4 is 15.4 Å². The van der Waals surface area contributed by atoms with Crippen molar-refractivity contribution in [3.63, 3.8) is 0 Å². The molecule has 1 fully saturated rings. The van der Waals surface area contributed by atoms with Crippen molar-refractivity contribution in [2.45, 2.75) is 32.8 Å². The molecule has 1 amide bonds. The first kappa shape index (κ1) is 20.4. The highest BCUT2D eigenvalue weighted by Gasteiger charge is 2.39. The molecule has 5 heteroatoms. The zero-order valence-corrected chi connectivity index (χ0v) is 17.0. The predicted octanol–water partition coefficient (Wildman–Crippen LogP) is 4.09. The number of carbonyl (C=O) groups excluding carboxylic acids is 1. The van der Waals surface area contributed by atoms with Gasteiger partial charge in [0.15, 0.2) is 0 Å². The lowest BCUT2D eigenvalue weighted by atomic mass is 9.78. The van der Waals surface area contributed by atoms with Crippen LogP contribution in [0.25, 0.3) is 0 Å². The van der Waals surface area contributed by atoms with Crippen LogP contribution in [0.3, 0.4) is 0 Å². The Morgan fingerprint density at radius 2 is 1.89 bits per heavy atom. The first-order valence-corrected chi connectivity index (χ1v) is 9.87. The number of hydrogen-bond donors (Lipinski definition) is 2. The standard InChI is InChI=1S/C23H30N2O3/c1-17-15-20(28-18(2)19-7-5-4-6-8-19)9-10-21(17)25-22(26)23(16-27-3)11-13-24-14-12-23/h4-10,15,18,24H,11-14,16H2,1-3H3,(H,25,26). The van der Waals surface area contributed by atoms with Crippen molar-refractivity contribution in [3.8, 4) is 5.75 Å². The fourth-order valence-electron chi connectivity index (χ4n) is 3.72. The van der Waals surface area contributed by atoms with Crippen LogP contribution in [0.4, 0.5) is 5.69 Å². The lowest BCUT2D eigenvalue weighted by molar-refractivity contribution is -0.130.